The predicted molar refractivity (Wildman–Crippen MR) is 79.4 cm³/mol. The lowest BCUT2D eigenvalue weighted by molar-refractivity contribution is 0.0786. The van der Waals surface area contributed by atoms with Gasteiger partial charge in [0.25, 0.3) is 5.91 Å². The molecule has 6 heteroatoms. The molecular formula is C15H22N4O2. The number of rotatable bonds is 2. The molecule has 2 aliphatic rings. The number of carbonyl (C=O) groups excluding carboxylic acids is 1. The molecule has 1 aromatic rings. The summed E-state index contributed by atoms with van der Waals surface area (Å²) < 4.78 is 0. The lowest BCUT2D eigenvalue weighted by Gasteiger charge is -2.30. The fourth-order valence-electron chi connectivity index (χ4n) is 3.00. The van der Waals surface area contributed by atoms with Crippen LogP contribution in [-0.2, 0) is 0 Å². The van der Waals surface area contributed by atoms with Gasteiger partial charge >= 0.3 is 0 Å². The molecule has 0 unspecified atom stereocenters. The first-order valence-corrected chi connectivity index (χ1v) is 7.71. The summed E-state index contributed by atoms with van der Waals surface area (Å²) in [5, 5.41) is 9.59. The summed E-state index contributed by atoms with van der Waals surface area (Å²) in [5.74, 6) is 1.44. The fraction of sp³-hybridized carbons (Fsp3) is 0.667. The topological polar surface area (TPSA) is 69.6 Å². The van der Waals surface area contributed by atoms with E-state index in [1.54, 1.807) is 6.07 Å². The van der Waals surface area contributed by atoms with Gasteiger partial charge in [0, 0.05) is 32.2 Å². The maximum atomic E-state index is 12.5. The van der Waals surface area contributed by atoms with Crippen molar-refractivity contribution in [2.24, 2.45) is 0 Å². The van der Waals surface area contributed by atoms with Crippen LogP contribution in [-0.4, -0.2) is 58.2 Å². The number of amides is 1. The van der Waals surface area contributed by atoms with Gasteiger partial charge in [-0.05, 0) is 32.6 Å². The Labute approximate surface area is 124 Å². The molecule has 0 saturated carbocycles. The Morgan fingerprint density at radius 3 is 2.52 bits per heavy atom. The van der Waals surface area contributed by atoms with E-state index in [1.165, 1.54) is 0 Å². The summed E-state index contributed by atoms with van der Waals surface area (Å²) in [4.78, 5) is 25.2. The summed E-state index contributed by atoms with van der Waals surface area (Å²) in [7, 11) is 0. The smallest absolute Gasteiger partial charge is 0.272 e. The number of hydrogen-bond acceptors (Lipinski definition) is 5. The highest BCUT2D eigenvalue weighted by Crippen LogP contribution is 2.20. The van der Waals surface area contributed by atoms with Crippen LogP contribution in [0.1, 0.15) is 42.0 Å². The van der Waals surface area contributed by atoms with Gasteiger partial charge in [-0.3, -0.25) is 4.79 Å². The van der Waals surface area contributed by atoms with Gasteiger partial charge in [-0.1, -0.05) is 0 Å². The summed E-state index contributed by atoms with van der Waals surface area (Å²) in [6, 6.07) is 1.80. The Balaban J connectivity index is 1.80. The Morgan fingerprint density at radius 1 is 1.19 bits per heavy atom. The molecule has 0 aromatic carbocycles. The molecule has 114 valence electrons. The predicted octanol–water partition coefficient (Wildman–Crippen LogP) is 0.982. The summed E-state index contributed by atoms with van der Waals surface area (Å²) in [5.41, 5.74) is 0.491. The molecule has 2 saturated heterocycles. The van der Waals surface area contributed by atoms with E-state index in [9.17, 15) is 9.90 Å². The van der Waals surface area contributed by atoms with Crippen molar-refractivity contribution in [1.29, 1.82) is 0 Å². The quantitative estimate of drug-likeness (QED) is 0.879. The van der Waals surface area contributed by atoms with E-state index in [2.05, 4.69) is 14.9 Å². The van der Waals surface area contributed by atoms with Crippen molar-refractivity contribution in [3.8, 4) is 0 Å². The van der Waals surface area contributed by atoms with Gasteiger partial charge in [-0.2, -0.15) is 0 Å². The third-order valence-corrected chi connectivity index (χ3v) is 4.23. The number of piperidine rings is 1. The molecule has 1 N–H and O–H groups in total. The highest BCUT2D eigenvalue weighted by Gasteiger charge is 2.24. The van der Waals surface area contributed by atoms with Crippen molar-refractivity contribution < 1.29 is 9.90 Å². The zero-order chi connectivity index (χ0) is 14.8. The molecule has 1 amide bonds. The molecule has 1 aromatic heterocycles. The summed E-state index contributed by atoms with van der Waals surface area (Å²) in [6.45, 7) is 5.02. The van der Waals surface area contributed by atoms with Crippen molar-refractivity contribution >= 4 is 11.7 Å². The van der Waals surface area contributed by atoms with Crippen LogP contribution in [0.15, 0.2) is 6.07 Å². The van der Waals surface area contributed by atoms with Crippen LogP contribution in [0.4, 0.5) is 5.82 Å². The number of hydrogen-bond donors (Lipinski definition) is 1. The maximum Gasteiger partial charge on any atom is 0.272 e. The summed E-state index contributed by atoms with van der Waals surface area (Å²) in [6.07, 6.45) is 3.44. The number of aromatic nitrogens is 2. The minimum atomic E-state index is -0.213. The van der Waals surface area contributed by atoms with Crippen LogP contribution in [0, 0.1) is 6.92 Å². The Kier molecular flexibility index (Phi) is 4.05. The van der Waals surface area contributed by atoms with Gasteiger partial charge in [0.2, 0.25) is 0 Å². The van der Waals surface area contributed by atoms with Crippen LogP contribution < -0.4 is 4.90 Å². The highest BCUT2D eigenvalue weighted by molar-refractivity contribution is 5.93. The van der Waals surface area contributed by atoms with E-state index in [0.29, 0.717) is 11.5 Å². The number of aryl methyl sites for hydroxylation is 1. The van der Waals surface area contributed by atoms with Gasteiger partial charge in [-0.25, -0.2) is 9.97 Å². The number of anilines is 1. The van der Waals surface area contributed by atoms with Crippen LogP contribution in [0.25, 0.3) is 0 Å². The number of likely N-dealkylation sites (tertiary alicyclic amines) is 1. The molecular weight excluding hydrogens is 268 g/mol. The van der Waals surface area contributed by atoms with Gasteiger partial charge in [0.05, 0.1) is 6.10 Å². The molecule has 2 fully saturated rings. The van der Waals surface area contributed by atoms with Crippen LogP contribution in [0.3, 0.4) is 0 Å². The molecule has 0 atom stereocenters. The lowest BCUT2D eigenvalue weighted by atomic mass is 10.1. The van der Waals surface area contributed by atoms with Gasteiger partial charge in [0.1, 0.15) is 17.3 Å². The number of aliphatic hydroxyl groups is 1. The monoisotopic (exact) mass is 290 g/mol. The van der Waals surface area contributed by atoms with E-state index in [4.69, 9.17) is 0 Å². The molecule has 2 aliphatic heterocycles. The zero-order valence-corrected chi connectivity index (χ0v) is 12.5. The molecule has 3 heterocycles. The molecule has 0 bridgehead atoms. The molecule has 0 spiro atoms. The third-order valence-electron chi connectivity index (χ3n) is 4.23. The Hall–Kier alpha value is -1.69. The SMILES string of the molecule is Cc1nc(C(=O)N2CCCC2)cc(N2CCC(O)CC2)n1. The van der Waals surface area contributed by atoms with Crippen molar-refractivity contribution in [3.63, 3.8) is 0 Å². The van der Waals surface area contributed by atoms with E-state index in [0.717, 1.165) is 57.7 Å². The van der Waals surface area contributed by atoms with E-state index in [1.807, 2.05) is 11.8 Å². The second-order valence-electron chi connectivity index (χ2n) is 5.88. The van der Waals surface area contributed by atoms with Gasteiger partial charge < -0.3 is 14.9 Å². The van der Waals surface area contributed by atoms with Crippen molar-refractivity contribution in [1.82, 2.24) is 14.9 Å². The average Bonchev–Trinajstić information content (AvgIpc) is 3.00. The first-order chi connectivity index (χ1) is 10.1. The van der Waals surface area contributed by atoms with Crippen LogP contribution in [0.5, 0.6) is 0 Å². The van der Waals surface area contributed by atoms with E-state index < -0.39 is 0 Å². The maximum absolute atomic E-state index is 12.5. The van der Waals surface area contributed by atoms with Gasteiger partial charge in [0.15, 0.2) is 0 Å². The molecule has 21 heavy (non-hydrogen) atoms. The second kappa shape index (κ2) is 5.97. The largest absolute Gasteiger partial charge is 0.393 e. The standard InChI is InChI=1S/C15H22N4O2/c1-11-16-13(15(21)19-6-2-3-7-19)10-14(17-11)18-8-4-12(20)5-9-18/h10,12,20H,2-9H2,1H3. The molecule has 3 rings (SSSR count). The minimum Gasteiger partial charge on any atom is -0.393 e. The molecule has 6 nitrogen and oxygen atoms in total. The fourth-order valence-corrected chi connectivity index (χ4v) is 3.00. The van der Waals surface area contributed by atoms with E-state index >= 15 is 0 Å². The number of aliphatic hydroxyl groups excluding tert-OH is 1. The average molecular weight is 290 g/mol. The van der Waals surface area contributed by atoms with Crippen molar-refractivity contribution in [3.05, 3.63) is 17.6 Å². The Morgan fingerprint density at radius 2 is 1.86 bits per heavy atom. The number of carbonyl (C=O) groups is 1. The molecule has 0 radical (unpaired) electrons. The Bertz CT molecular complexity index is 520. The van der Waals surface area contributed by atoms with Crippen molar-refractivity contribution in [2.45, 2.75) is 38.7 Å². The van der Waals surface area contributed by atoms with Crippen LogP contribution >= 0.6 is 0 Å². The lowest BCUT2D eigenvalue weighted by Crippen LogP contribution is -2.37. The first kappa shape index (κ1) is 14.3. The first-order valence-electron chi connectivity index (χ1n) is 7.71. The third kappa shape index (κ3) is 3.15. The minimum absolute atomic E-state index is 0.0105. The summed E-state index contributed by atoms with van der Waals surface area (Å²) >= 11 is 0. The molecule has 0 aliphatic carbocycles. The van der Waals surface area contributed by atoms with Crippen molar-refractivity contribution in [2.75, 3.05) is 31.1 Å². The number of nitrogens with zero attached hydrogens (tertiary/aromatic N) is 4. The second-order valence-corrected chi connectivity index (χ2v) is 5.88. The normalized spacial score (nSPS) is 20.1. The van der Waals surface area contributed by atoms with Gasteiger partial charge in [-0.15, -0.1) is 0 Å². The zero-order valence-electron chi connectivity index (χ0n) is 12.5. The highest BCUT2D eigenvalue weighted by atomic mass is 16.3. The van der Waals surface area contributed by atoms with E-state index in [-0.39, 0.29) is 12.0 Å². The van der Waals surface area contributed by atoms with Crippen LogP contribution in [0.2, 0.25) is 0 Å².